The molecule has 0 radical (unpaired) electrons. The molecule has 0 unspecified atom stereocenters. The summed E-state index contributed by atoms with van der Waals surface area (Å²) in [7, 11) is 0. The number of nitrogens with zero attached hydrogens (tertiary/aromatic N) is 2. The normalized spacial score (nSPS) is 13.5. The number of hydrogen-bond acceptors (Lipinski definition) is 5. The van der Waals surface area contributed by atoms with Crippen molar-refractivity contribution in [3.63, 3.8) is 0 Å². The van der Waals surface area contributed by atoms with Crippen LogP contribution < -0.4 is 9.47 Å². The van der Waals surface area contributed by atoms with E-state index < -0.39 is 10.8 Å². The zero-order chi connectivity index (χ0) is 63.5. The van der Waals surface area contributed by atoms with Gasteiger partial charge < -0.3 is 9.47 Å². The van der Waals surface area contributed by atoms with Gasteiger partial charge in [-0.05, 0) is 159 Å². The van der Waals surface area contributed by atoms with Crippen LogP contribution in [-0.2, 0) is 10.8 Å². The second-order valence-electron chi connectivity index (χ2n) is 26.0. The summed E-state index contributed by atoms with van der Waals surface area (Å²) in [6, 6.07) is 119. The predicted octanol–water partition coefficient (Wildman–Crippen LogP) is 24.1. The Kier molecular flexibility index (Phi) is 11.5. The SMILES string of the molecule is c1ccc(-c2ccccc2Oc2ccc3c(c2)c2cc(Oc4ccccc4-c4ccccc4)ccc2c2nc4c(-c5cccc6c5-c5ccccc5C65c6ccccc6-c6ccccc65)sc(-c5cccc6c5-c5ccccc5C65c6ccccc6-c6ccccc65)c4nc32)cc1. The Balaban J connectivity index is 0.855. The molecule has 5 heteroatoms. The highest BCUT2D eigenvalue weighted by atomic mass is 32.1. The summed E-state index contributed by atoms with van der Waals surface area (Å²) in [6.45, 7) is 0. The Bertz CT molecular complexity index is 5760. The second kappa shape index (κ2) is 20.6. The highest BCUT2D eigenvalue weighted by Gasteiger charge is 2.54. The Morgan fingerprint density at radius 1 is 0.227 bits per heavy atom. The largest absolute Gasteiger partial charge is 0.457 e. The van der Waals surface area contributed by atoms with Gasteiger partial charge in [-0.1, -0.05) is 279 Å². The van der Waals surface area contributed by atoms with Crippen molar-refractivity contribution < 1.29 is 9.47 Å². The molecule has 4 aliphatic carbocycles. The van der Waals surface area contributed by atoms with Crippen molar-refractivity contribution >= 4 is 54.9 Å². The lowest BCUT2D eigenvalue weighted by molar-refractivity contribution is 0.484. The summed E-state index contributed by atoms with van der Waals surface area (Å²) in [6.07, 6.45) is 0. The molecule has 2 heterocycles. The topological polar surface area (TPSA) is 44.2 Å². The monoisotopic (exact) mass is 1250 g/mol. The molecule has 0 fully saturated rings. The van der Waals surface area contributed by atoms with E-state index in [0.717, 1.165) is 98.2 Å². The molecule has 0 saturated carbocycles. The molecule has 97 heavy (non-hydrogen) atoms. The van der Waals surface area contributed by atoms with Crippen molar-refractivity contribution in [1.29, 1.82) is 0 Å². The summed E-state index contributed by atoms with van der Waals surface area (Å²) in [5.74, 6) is 2.94. The molecule has 0 atom stereocenters. The number of rotatable bonds is 8. The Morgan fingerprint density at radius 2 is 0.526 bits per heavy atom. The molecule has 4 nitrogen and oxygen atoms in total. The molecule has 4 aliphatic rings. The highest BCUT2D eigenvalue weighted by Crippen LogP contribution is 2.67. The smallest absolute Gasteiger partial charge is 0.135 e. The summed E-state index contributed by atoms with van der Waals surface area (Å²) >= 11 is 1.83. The van der Waals surface area contributed by atoms with Crippen LogP contribution in [0.2, 0.25) is 0 Å². The van der Waals surface area contributed by atoms with Crippen molar-refractivity contribution in [3.8, 4) is 111 Å². The van der Waals surface area contributed by atoms with E-state index in [0.29, 0.717) is 11.5 Å². The molecule has 450 valence electrons. The van der Waals surface area contributed by atoms with Gasteiger partial charge in [0.05, 0.1) is 31.6 Å². The number of hydrogen-bond donors (Lipinski definition) is 0. The minimum Gasteiger partial charge on any atom is -0.457 e. The highest BCUT2D eigenvalue weighted by molar-refractivity contribution is 7.21. The first-order chi connectivity index (χ1) is 48.1. The maximum absolute atomic E-state index is 7.05. The molecule has 0 N–H and O–H groups in total. The summed E-state index contributed by atoms with van der Waals surface area (Å²) < 4.78 is 14.1. The third kappa shape index (κ3) is 7.46. The van der Waals surface area contributed by atoms with Crippen molar-refractivity contribution in [2.75, 3.05) is 0 Å². The standard InChI is InChI=1S/C92H54N2O2S/c1-3-25-55(26-4-1)59-29-13-21-47-81(59)95-57-49-51-65-71(53-57)72-54-58(96-82-48-22-14-30-60(82)56-27-5-2-6-28-56)50-52-66(72)86-85(65)93-87-88(94-86)90(70-38-24-46-80-84(70)68-36-12-20-44-78(68)92(80)75-41-17-9-33-63(75)64-34-10-18-42-76(64)92)97-89(87)69-37-23-45-79-83(69)67-35-11-19-43-77(67)91(79)73-39-15-7-31-61(73)62-32-8-16-40-74(62)91/h1-54H. The Morgan fingerprint density at radius 3 is 0.907 bits per heavy atom. The maximum atomic E-state index is 7.05. The summed E-state index contributed by atoms with van der Waals surface area (Å²) in [5, 5.41) is 3.86. The van der Waals surface area contributed by atoms with E-state index in [1.807, 2.05) is 35.6 Å². The van der Waals surface area contributed by atoms with Crippen LogP contribution in [0.1, 0.15) is 44.5 Å². The molecule has 0 saturated heterocycles. The third-order valence-electron chi connectivity index (χ3n) is 21.2. The first-order valence-electron chi connectivity index (χ1n) is 33.3. The fraction of sp³-hybridized carbons (Fsp3) is 0.0217. The summed E-state index contributed by atoms with van der Waals surface area (Å²) in [4.78, 5) is 14.5. The van der Waals surface area contributed by atoms with Gasteiger partial charge in [0.15, 0.2) is 0 Å². The van der Waals surface area contributed by atoms with E-state index in [-0.39, 0.29) is 0 Å². The molecular weight excluding hydrogens is 1200 g/mol. The molecule has 0 aliphatic heterocycles. The van der Waals surface area contributed by atoms with Crippen molar-refractivity contribution in [2.24, 2.45) is 0 Å². The van der Waals surface area contributed by atoms with Crippen molar-refractivity contribution in [2.45, 2.75) is 10.8 Å². The fourth-order valence-corrected chi connectivity index (χ4v) is 18.7. The van der Waals surface area contributed by atoms with E-state index in [9.17, 15) is 0 Å². The lowest BCUT2D eigenvalue weighted by Crippen LogP contribution is -2.25. The molecule has 0 amide bonds. The van der Waals surface area contributed by atoms with Crippen molar-refractivity contribution in [1.82, 2.24) is 9.97 Å². The number of benzene rings is 15. The fourth-order valence-electron chi connectivity index (χ4n) is 17.5. The number of aromatic nitrogens is 2. The first-order valence-corrected chi connectivity index (χ1v) is 34.1. The first kappa shape index (κ1) is 54.1. The van der Waals surface area contributed by atoms with Gasteiger partial charge in [-0.15, -0.1) is 11.3 Å². The van der Waals surface area contributed by atoms with Gasteiger partial charge in [0.2, 0.25) is 0 Å². The lowest BCUT2D eigenvalue weighted by atomic mass is 9.70. The number of para-hydroxylation sites is 2. The molecule has 21 rings (SSSR count). The quantitative estimate of drug-likeness (QED) is 0.142. The van der Waals surface area contributed by atoms with Gasteiger partial charge in [0, 0.05) is 33.0 Å². The minimum atomic E-state index is -0.543. The van der Waals surface area contributed by atoms with Gasteiger partial charge in [0.25, 0.3) is 0 Å². The van der Waals surface area contributed by atoms with Gasteiger partial charge in [-0.25, -0.2) is 9.97 Å². The molecule has 2 spiro atoms. The minimum absolute atomic E-state index is 0.543. The molecule has 15 aromatic carbocycles. The van der Waals surface area contributed by atoms with Gasteiger partial charge in [-0.2, -0.15) is 0 Å². The van der Waals surface area contributed by atoms with Crippen LogP contribution in [0.25, 0.3) is 131 Å². The lowest BCUT2D eigenvalue weighted by Gasteiger charge is -2.30. The van der Waals surface area contributed by atoms with E-state index >= 15 is 0 Å². The molecule has 2 aromatic heterocycles. The van der Waals surface area contributed by atoms with Crippen LogP contribution in [0.4, 0.5) is 0 Å². The average molecular weight is 1250 g/mol. The van der Waals surface area contributed by atoms with Crippen LogP contribution in [0.5, 0.6) is 23.0 Å². The van der Waals surface area contributed by atoms with Crippen molar-refractivity contribution in [3.05, 3.63) is 372 Å². The average Bonchev–Trinajstić information content (AvgIpc) is 1.52. The van der Waals surface area contributed by atoms with Crippen LogP contribution in [-0.4, -0.2) is 9.97 Å². The van der Waals surface area contributed by atoms with Crippen LogP contribution in [0, 0.1) is 0 Å². The van der Waals surface area contributed by atoms with Crippen LogP contribution >= 0.6 is 11.3 Å². The second-order valence-corrected chi connectivity index (χ2v) is 27.0. The number of fused-ring (bicyclic) bond motifs is 27. The zero-order valence-electron chi connectivity index (χ0n) is 52.3. The Labute approximate surface area is 564 Å². The van der Waals surface area contributed by atoms with E-state index in [4.69, 9.17) is 19.4 Å². The van der Waals surface area contributed by atoms with Gasteiger partial charge in [-0.3, -0.25) is 0 Å². The van der Waals surface area contributed by atoms with E-state index in [2.05, 4.69) is 303 Å². The van der Waals surface area contributed by atoms with Gasteiger partial charge in [0.1, 0.15) is 34.0 Å². The van der Waals surface area contributed by atoms with Crippen LogP contribution in [0.3, 0.4) is 0 Å². The van der Waals surface area contributed by atoms with Gasteiger partial charge >= 0.3 is 0 Å². The maximum Gasteiger partial charge on any atom is 0.135 e. The zero-order valence-corrected chi connectivity index (χ0v) is 53.1. The van der Waals surface area contributed by atoms with Crippen LogP contribution in [0.15, 0.2) is 328 Å². The van der Waals surface area contributed by atoms with E-state index in [1.54, 1.807) is 0 Å². The molecule has 0 bridgehead atoms. The third-order valence-corrected chi connectivity index (χ3v) is 22.5. The van der Waals surface area contributed by atoms with E-state index in [1.165, 1.54) is 89.0 Å². The molecule has 17 aromatic rings. The number of thiophene rings is 1. The number of ether oxygens (including phenoxy) is 2. The summed E-state index contributed by atoms with van der Waals surface area (Å²) in [5.41, 5.74) is 29.1. The Hall–Kier alpha value is -12.3. The predicted molar refractivity (Wildman–Crippen MR) is 397 cm³/mol. The molecular formula is C92H54N2O2S.